The molecule has 2 rings (SSSR count). The molecule has 3 nitrogen and oxygen atoms in total. The van der Waals surface area contributed by atoms with E-state index >= 15 is 0 Å². The fourth-order valence-electron chi connectivity index (χ4n) is 2.29. The molecular formula is C11H19N3S. The van der Waals surface area contributed by atoms with Crippen molar-refractivity contribution < 1.29 is 0 Å². The second-order valence-corrected chi connectivity index (χ2v) is 5.24. The summed E-state index contributed by atoms with van der Waals surface area (Å²) in [6.45, 7) is 3.76. The van der Waals surface area contributed by atoms with Gasteiger partial charge in [-0.25, -0.2) is 4.98 Å². The van der Waals surface area contributed by atoms with Crippen molar-refractivity contribution in [2.24, 2.45) is 11.7 Å². The number of nitrogens with one attached hydrogen (secondary N) is 1. The third kappa shape index (κ3) is 2.77. The average Bonchev–Trinajstić information content (AvgIpc) is 2.83. The van der Waals surface area contributed by atoms with Gasteiger partial charge in [0.15, 0.2) is 0 Å². The van der Waals surface area contributed by atoms with Crippen LogP contribution in [-0.4, -0.2) is 17.6 Å². The van der Waals surface area contributed by atoms with Gasteiger partial charge in [-0.3, -0.25) is 0 Å². The number of hydrogen-bond acceptors (Lipinski definition) is 4. The Bertz CT molecular complexity index is 311. The van der Waals surface area contributed by atoms with Gasteiger partial charge in [0.1, 0.15) is 5.01 Å². The van der Waals surface area contributed by atoms with Gasteiger partial charge in [-0.2, -0.15) is 0 Å². The summed E-state index contributed by atoms with van der Waals surface area (Å²) < 4.78 is 0. The van der Waals surface area contributed by atoms with Gasteiger partial charge in [0, 0.05) is 23.7 Å². The summed E-state index contributed by atoms with van der Waals surface area (Å²) in [6.07, 6.45) is 3.87. The van der Waals surface area contributed by atoms with E-state index in [9.17, 15) is 0 Å². The lowest BCUT2D eigenvalue weighted by Gasteiger charge is -2.18. The lowest BCUT2D eigenvalue weighted by atomic mass is 10.0. The maximum absolute atomic E-state index is 5.74. The molecule has 4 heteroatoms. The summed E-state index contributed by atoms with van der Waals surface area (Å²) in [5.74, 6) is 0.672. The van der Waals surface area contributed by atoms with Crippen molar-refractivity contribution in [3.8, 4) is 0 Å². The van der Waals surface area contributed by atoms with Gasteiger partial charge in [-0.1, -0.05) is 6.42 Å². The molecule has 0 amide bonds. The molecule has 0 bridgehead atoms. The molecular weight excluding hydrogens is 206 g/mol. The number of nitrogens with two attached hydrogens (primary N) is 1. The first-order chi connectivity index (χ1) is 7.29. The molecule has 1 aliphatic carbocycles. The van der Waals surface area contributed by atoms with Gasteiger partial charge in [0.25, 0.3) is 0 Å². The molecule has 84 valence electrons. The number of thiazole rings is 1. The predicted octanol–water partition coefficient (Wildman–Crippen LogP) is 1.67. The molecule has 2 unspecified atom stereocenters. The molecule has 0 radical (unpaired) electrons. The molecule has 0 spiro atoms. The number of nitrogens with zero attached hydrogens (tertiary/aromatic N) is 1. The summed E-state index contributed by atoms with van der Waals surface area (Å²) in [6, 6.07) is 0.610. The monoisotopic (exact) mass is 225 g/mol. The largest absolute Gasteiger partial charge is 0.330 e. The normalized spacial score (nSPS) is 26.0. The highest BCUT2D eigenvalue weighted by Crippen LogP contribution is 2.25. The number of hydrogen-bond donors (Lipinski definition) is 2. The van der Waals surface area contributed by atoms with E-state index in [1.54, 1.807) is 11.3 Å². The van der Waals surface area contributed by atoms with Gasteiger partial charge in [0.2, 0.25) is 0 Å². The maximum atomic E-state index is 5.74. The van der Waals surface area contributed by atoms with Crippen LogP contribution in [0.25, 0.3) is 0 Å². The van der Waals surface area contributed by atoms with E-state index in [4.69, 9.17) is 5.73 Å². The van der Waals surface area contributed by atoms with Crippen LogP contribution in [0, 0.1) is 12.8 Å². The van der Waals surface area contributed by atoms with Gasteiger partial charge < -0.3 is 11.1 Å². The van der Waals surface area contributed by atoms with Crippen LogP contribution in [0.15, 0.2) is 5.38 Å². The maximum Gasteiger partial charge on any atom is 0.107 e. The van der Waals surface area contributed by atoms with Crippen LogP contribution in [-0.2, 0) is 6.54 Å². The van der Waals surface area contributed by atoms with Crippen molar-refractivity contribution in [1.82, 2.24) is 10.3 Å². The Balaban J connectivity index is 1.82. The van der Waals surface area contributed by atoms with Crippen molar-refractivity contribution in [1.29, 1.82) is 0 Å². The number of aromatic nitrogens is 1. The summed E-state index contributed by atoms with van der Waals surface area (Å²) >= 11 is 1.74. The zero-order chi connectivity index (χ0) is 10.7. The second kappa shape index (κ2) is 5.05. The lowest BCUT2D eigenvalue weighted by molar-refractivity contribution is 0.406. The van der Waals surface area contributed by atoms with E-state index < -0.39 is 0 Å². The minimum Gasteiger partial charge on any atom is -0.330 e. The Morgan fingerprint density at radius 2 is 2.47 bits per heavy atom. The van der Waals surface area contributed by atoms with Crippen molar-refractivity contribution in [3.05, 3.63) is 16.1 Å². The predicted molar refractivity (Wildman–Crippen MR) is 63.9 cm³/mol. The van der Waals surface area contributed by atoms with Gasteiger partial charge in [-0.15, -0.1) is 11.3 Å². The molecule has 0 saturated heterocycles. The SMILES string of the molecule is Cc1csc(CNC2CCCC2CN)n1. The molecule has 3 N–H and O–H groups in total. The molecule has 1 heterocycles. The average molecular weight is 225 g/mol. The van der Waals surface area contributed by atoms with E-state index in [0.717, 1.165) is 18.8 Å². The third-order valence-electron chi connectivity index (χ3n) is 3.14. The highest BCUT2D eigenvalue weighted by atomic mass is 32.1. The molecule has 1 aliphatic rings. The Kier molecular flexibility index (Phi) is 3.72. The van der Waals surface area contributed by atoms with Crippen LogP contribution >= 0.6 is 11.3 Å². The topological polar surface area (TPSA) is 50.9 Å². The first-order valence-corrected chi connectivity index (χ1v) is 6.52. The van der Waals surface area contributed by atoms with Crippen LogP contribution in [0.1, 0.15) is 30.0 Å². The van der Waals surface area contributed by atoms with E-state index in [0.29, 0.717) is 12.0 Å². The smallest absolute Gasteiger partial charge is 0.107 e. The molecule has 1 aromatic heterocycles. The first kappa shape index (κ1) is 11.0. The standard InChI is InChI=1S/C11H19N3S/c1-8-7-15-11(14-8)6-13-10-4-2-3-9(10)5-12/h7,9-10,13H,2-6,12H2,1H3. The van der Waals surface area contributed by atoms with Crippen molar-refractivity contribution >= 4 is 11.3 Å². The highest BCUT2D eigenvalue weighted by Gasteiger charge is 2.25. The highest BCUT2D eigenvalue weighted by molar-refractivity contribution is 7.09. The second-order valence-electron chi connectivity index (χ2n) is 4.30. The molecule has 2 atom stereocenters. The summed E-state index contributed by atoms with van der Waals surface area (Å²) in [4.78, 5) is 4.45. The van der Waals surface area contributed by atoms with Crippen LogP contribution in [0.2, 0.25) is 0 Å². The fraction of sp³-hybridized carbons (Fsp3) is 0.727. The summed E-state index contributed by atoms with van der Waals surface area (Å²) in [5.41, 5.74) is 6.87. The molecule has 0 aromatic carbocycles. The van der Waals surface area contributed by atoms with Crippen molar-refractivity contribution in [2.45, 2.75) is 38.8 Å². The minimum absolute atomic E-state index is 0.610. The van der Waals surface area contributed by atoms with Crippen LogP contribution in [0.5, 0.6) is 0 Å². The van der Waals surface area contributed by atoms with Gasteiger partial charge in [0.05, 0.1) is 0 Å². The van der Waals surface area contributed by atoms with Crippen molar-refractivity contribution in [3.63, 3.8) is 0 Å². The Morgan fingerprint density at radius 3 is 3.13 bits per heavy atom. The van der Waals surface area contributed by atoms with Crippen LogP contribution < -0.4 is 11.1 Å². The molecule has 1 aromatic rings. The molecule has 0 aliphatic heterocycles. The lowest BCUT2D eigenvalue weighted by Crippen LogP contribution is -2.35. The zero-order valence-corrected chi connectivity index (χ0v) is 10.0. The van der Waals surface area contributed by atoms with E-state index in [-0.39, 0.29) is 0 Å². The summed E-state index contributed by atoms with van der Waals surface area (Å²) in [7, 11) is 0. The molecule has 1 fully saturated rings. The Morgan fingerprint density at radius 1 is 1.60 bits per heavy atom. The number of rotatable bonds is 4. The quantitative estimate of drug-likeness (QED) is 0.819. The summed E-state index contributed by atoms with van der Waals surface area (Å²) in [5, 5.41) is 6.87. The molecule has 15 heavy (non-hydrogen) atoms. The zero-order valence-electron chi connectivity index (χ0n) is 9.20. The van der Waals surface area contributed by atoms with Gasteiger partial charge >= 0.3 is 0 Å². The van der Waals surface area contributed by atoms with E-state index in [1.807, 2.05) is 6.92 Å². The van der Waals surface area contributed by atoms with Crippen molar-refractivity contribution in [2.75, 3.05) is 6.54 Å². The third-order valence-corrected chi connectivity index (χ3v) is 4.11. The van der Waals surface area contributed by atoms with Crippen LogP contribution in [0.3, 0.4) is 0 Å². The molecule has 1 saturated carbocycles. The first-order valence-electron chi connectivity index (χ1n) is 5.64. The van der Waals surface area contributed by atoms with E-state index in [1.165, 1.54) is 24.3 Å². The fourth-order valence-corrected chi connectivity index (χ4v) is 3.01. The minimum atomic E-state index is 0.610. The Hall–Kier alpha value is -0.450. The number of aryl methyl sites for hydroxylation is 1. The van der Waals surface area contributed by atoms with Gasteiger partial charge in [-0.05, 0) is 32.2 Å². The van der Waals surface area contributed by atoms with Crippen LogP contribution in [0.4, 0.5) is 0 Å². The Labute approximate surface area is 95.1 Å². The van der Waals surface area contributed by atoms with E-state index in [2.05, 4.69) is 15.7 Å².